The van der Waals surface area contributed by atoms with Crippen LogP contribution >= 0.6 is 0 Å². The molecule has 3 rings (SSSR count). The van der Waals surface area contributed by atoms with Crippen molar-refractivity contribution in [1.82, 2.24) is 4.98 Å². The van der Waals surface area contributed by atoms with Gasteiger partial charge in [-0.1, -0.05) is 26.8 Å². The maximum Gasteiger partial charge on any atom is 0.257 e. The molecule has 0 atom stereocenters. The van der Waals surface area contributed by atoms with Gasteiger partial charge in [0.2, 0.25) is 0 Å². The van der Waals surface area contributed by atoms with Crippen molar-refractivity contribution in [2.24, 2.45) is 0 Å². The Hall–Kier alpha value is -2.60. The summed E-state index contributed by atoms with van der Waals surface area (Å²) in [4.78, 5) is 19.0. The number of phenolic OH excluding ortho intramolecular Hbond substituents is 1. The third-order valence-corrected chi connectivity index (χ3v) is 4.46. The van der Waals surface area contributed by atoms with Crippen molar-refractivity contribution in [2.45, 2.75) is 26.2 Å². The van der Waals surface area contributed by atoms with Crippen molar-refractivity contribution in [3.8, 4) is 5.75 Å². The van der Waals surface area contributed by atoms with E-state index in [1.54, 1.807) is 18.3 Å². The Labute approximate surface area is 153 Å². The number of benzene rings is 1. The Balaban J connectivity index is 1.74. The lowest BCUT2D eigenvalue weighted by Gasteiger charge is -2.27. The summed E-state index contributed by atoms with van der Waals surface area (Å²) in [6.07, 6.45) is 1.56. The molecule has 0 spiro atoms. The van der Waals surface area contributed by atoms with Crippen molar-refractivity contribution in [3.05, 3.63) is 47.7 Å². The van der Waals surface area contributed by atoms with E-state index in [1.807, 2.05) is 18.2 Å². The molecule has 1 fully saturated rings. The van der Waals surface area contributed by atoms with E-state index in [0.29, 0.717) is 24.5 Å². The molecule has 0 unspecified atom stereocenters. The van der Waals surface area contributed by atoms with Gasteiger partial charge in [-0.15, -0.1) is 0 Å². The Bertz CT molecular complexity index is 776. The molecule has 0 saturated carbocycles. The highest BCUT2D eigenvalue weighted by molar-refractivity contribution is 6.05. The molecule has 2 heterocycles. The van der Waals surface area contributed by atoms with Gasteiger partial charge in [0.25, 0.3) is 5.91 Å². The van der Waals surface area contributed by atoms with Gasteiger partial charge < -0.3 is 20.1 Å². The molecule has 1 aromatic carbocycles. The zero-order valence-electron chi connectivity index (χ0n) is 15.5. The van der Waals surface area contributed by atoms with Crippen LogP contribution < -0.4 is 10.2 Å². The summed E-state index contributed by atoms with van der Waals surface area (Å²) < 4.78 is 5.34. The number of aromatic hydroxyl groups is 1. The number of rotatable bonds is 3. The van der Waals surface area contributed by atoms with Crippen LogP contribution in [0, 0.1) is 0 Å². The Kier molecular flexibility index (Phi) is 5.13. The van der Waals surface area contributed by atoms with Crippen LogP contribution in [0.2, 0.25) is 0 Å². The van der Waals surface area contributed by atoms with E-state index in [0.717, 1.165) is 24.5 Å². The number of nitrogens with zero attached hydrogens (tertiary/aromatic N) is 2. The minimum Gasteiger partial charge on any atom is -0.506 e. The van der Waals surface area contributed by atoms with E-state index in [1.165, 1.54) is 0 Å². The first-order valence-electron chi connectivity index (χ1n) is 8.78. The lowest BCUT2D eigenvalue weighted by molar-refractivity contribution is 0.102. The molecular weight excluding hydrogens is 330 g/mol. The van der Waals surface area contributed by atoms with Crippen LogP contribution in [0.25, 0.3) is 0 Å². The first kappa shape index (κ1) is 18.2. The largest absolute Gasteiger partial charge is 0.506 e. The normalized spacial score (nSPS) is 15.0. The Morgan fingerprint density at radius 2 is 1.92 bits per heavy atom. The van der Waals surface area contributed by atoms with Crippen LogP contribution in [0.15, 0.2) is 36.5 Å². The number of carbonyl (C=O) groups excluding carboxylic acids is 1. The molecule has 0 radical (unpaired) electrons. The van der Waals surface area contributed by atoms with Crippen molar-refractivity contribution in [1.29, 1.82) is 0 Å². The minimum atomic E-state index is -0.299. The van der Waals surface area contributed by atoms with Gasteiger partial charge in [0.15, 0.2) is 0 Å². The van der Waals surface area contributed by atoms with Crippen LogP contribution in [0.3, 0.4) is 0 Å². The van der Waals surface area contributed by atoms with E-state index >= 15 is 0 Å². The molecule has 2 aromatic rings. The summed E-state index contributed by atoms with van der Waals surface area (Å²) in [6, 6.07) is 8.87. The molecule has 0 aliphatic carbocycles. The second-order valence-electron chi connectivity index (χ2n) is 7.44. The standard InChI is InChI=1S/C20H25N3O3/c1-20(2,3)15-5-6-17(24)16(12-15)22-19(25)14-4-7-18(21-13-14)23-8-10-26-11-9-23/h4-7,12-13,24H,8-11H2,1-3H3,(H,22,25). The van der Waals surface area contributed by atoms with E-state index in [4.69, 9.17) is 4.74 Å². The van der Waals surface area contributed by atoms with Gasteiger partial charge in [-0.05, 0) is 35.2 Å². The van der Waals surface area contributed by atoms with E-state index in [2.05, 4.69) is 36.0 Å². The van der Waals surface area contributed by atoms with Gasteiger partial charge in [0.05, 0.1) is 24.5 Å². The maximum atomic E-state index is 12.5. The average Bonchev–Trinajstić information content (AvgIpc) is 2.63. The summed E-state index contributed by atoms with van der Waals surface area (Å²) in [5.41, 5.74) is 1.81. The van der Waals surface area contributed by atoms with E-state index in [9.17, 15) is 9.90 Å². The third-order valence-electron chi connectivity index (χ3n) is 4.46. The van der Waals surface area contributed by atoms with Crippen molar-refractivity contribution < 1.29 is 14.6 Å². The fourth-order valence-corrected chi connectivity index (χ4v) is 2.80. The zero-order chi connectivity index (χ0) is 18.7. The van der Waals surface area contributed by atoms with Crippen molar-refractivity contribution in [3.63, 3.8) is 0 Å². The third kappa shape index (κ3) is 4.14. The number of hydrogen-bond acceptors (Lipinski definition) is 5. The lowest BCUT2D eigenvalue weighted by Crippen LogP contribution is -2.36. The number of pyridine rings is 1. The average molecular weight is 355 g/mol. The van der Waals surface area contributed by atoms with Crippen LogP contribution in [-0.4, -0.2) is 42.3 Å². The minimum absolute atomic E-state index is 0.0456. The predicted molar refractivity (Wildman–Crippen MR) is 102 cm³/mol. The Morgan fingerprint density at radius 3 is 2.54 bits per heavy atom. The fourth-order valence-electron chi connectivity index (χ4n) is 2.80. The van der Waals surface area contributed by atoms with Gasteiger partial charge in [-0.2, -0.15) is 0 Å². The van der Waals surface area contributed by atoms with Gasteiger partial charge in [-0.3, -0.25) is 4.79 Å². The second kappa shape index (κ2) is 7.33. The molecule has 2 N–H and O–H groups in total. The molecule has 1 amide bonds. The van der Waals surface area contributed by atoms with Crippen molar-refractivity contribution in [2.75, 3.05) is 36.5 Å². The fraction of sp³-hybridized carbons (Fsp3) is 0.400. The van der Waals surface area contributed by atoms with E-state index in [-0.39, 0.29) is 17.1 Å². The van der Waals surface area contributed by atoms with Crippen molar-refractivity contribution >= 4 is 17.4 Å². The SMILES string of the molecule is CC(C)(C)c1ccc(O)c(NC(=O)c2ccc(N3CCOCC3)nc2)c1. The van der Waals surface area contributed by atoms with E-state index < -0.39 is 0 Å². The molecule has 1 saturated heterocycles. The first-order chi connectivity index (χ1) is 12.3. The molecule has 0 bridgehead atoms. The van der Waals surface area contributed by atoms with Crippen LogP contribution in [0.4, 0.5) is 11.5 Å². The quantitative estimate of drug-likeness (QED) is 0.827. The number of hydrogen-bond donors (Lipinski definition) is 2. The number of aromatic nitrogens is 1. The summed E-state index contributed by atoms with van der Waals surface area (Å²) >= 11 is 0. The molecular formula is C20H25N3O3. The van der Waals surface area contributed by atoms with Crippen LogP contribution in [-0.2, 0) is 10.2 Å². The second-order valence-corrected chi connectivity index (χ2v) is 7.44. The number of morpholine rings is 1. The highest BCUT2D eigenvalue weighted by atomic mass is 16.5. The molecule has 6 heteroatoms. The monoisotopic (exact) mass is 355 g/mol. The topological polar surface area (TPSA) is 74.7 Å². The number of carbonyl (C=O) groups is 1. The molecule has 1 aliphatic heterocycles. The summed E-state index contributed by atoms with van der Waals surface area (Å²) in [5, 5.41) is 12.8. The molecule has 138 valence electrons. The predicted octanol–water partition coefficient (Wildman–Crippen LogP) is 3.17. The number of anilines is 2. The van der Waals surface area contributed by atoms with Gasteiger partial charge >= 0.3 is 0 Å². The van der Waals surface area contributed by atoms with Crippen LogP contribution in [0.1, 0.15) is 36.7 Å². The smallest absolute Gasteiger partial charge is 0.257 e. The Morgan fingerprint density at radius 1 is 1.19 bits per heavy atom. The number of nitrogens with one attached hydrogen (secondary N) is 1. The highest BCUT2D eigenvalue weighted by Crippen LogP contribution is 2.31. The zero-order valence-corrected chi connectivity index (χ0v) is 15.5. The van der Waals surface area contributed by atoms with Crippen LogP contribution in [0.5, 0.6) is 5.75 Å². The lowest BCUT2D eigenvalue weighted by atomic mass is 9.87. The summed E-state index contributed by atoms with van der Waals surface area (Å²) in [6.45, 7) is 9.22. The number of phenols is 1. The first-order valence-corrected chi connectivity index (χ1v) is 8.78. The number of amides is 1. The van der Waals surface area contributed by atoms with Gasteiger partial charge in [0.1, 0.15) is 11.6 Å². The molecule has 1 aromatic heterocycles. The summed E-state index contributed by atoms with van der Waals surface area (Å²) in [5.74, 6) is 0.582. The molecule has 26 heavy (non-hydrogen) atoms. The number of ether oxygens (including phenoxy) is 1. The maximum absolute atomic E-state index is 12.5. The highest BCUT2D eigenvalue weighted by Gasteiger charge is 2.17. The molecule has 6 nitrogen and oxygen atoms in total. The van der Waals surface area contributed by atoms with Gasteiger partial charge in [0, 0.05) is 19.3 Å². The molecule has 1 aliphatic rings. The van der Waals surface area contributed by atoms with Gasteiger partial charge in [-0.25, -0.2) is 4.98 Å². The summed E-state index contributed by atoms with van der Waals surface area (Å²) in [7, 11) is 0.